The summed E-state index contributed by atoms with van der Waals surface area (Å²) in [6.07, 6.45) is 6.14. The Labute approximate surface area is 218 Å². The molecule has 1 heterocycles. The van der Waals surface area contributed by atoms with Crippen LogP contribution in [0.4, 0.5) is 0 Å². The number of nitrogens with zero attached hydrogens (tertiary/aromatic N) is 2. The summed E-state index contributed by atoms with van der Waals surface area (Å²) < 4.78 is 55.7. The Morgan fingerprint density at radius 2 is 1.42 bits per heavy atom. The van der Waals surface area contributed by atoms with Crippen molar-refractivity contribution in [3.8, 4) is 0 Å². The van der Waals surface area contributed by atoms with Crippen molar-refractivity contribution in [2.24, 2.45) is 0 Å². The van der Waals surface area contributed by atoms with Crippen molar-refractivity contribution in [2.45, 2.75) is 53.2 Å². The average Bonchev–Trinajstić information content (AvgIpc) is 2.92. The number of sulfonamides is 2. The molecule has 11 heteroatoms. The molecule has 1 saturated carbocycles. The molecule has 1 N–H and O–H groups in total. The Hall–Kier alpha value is -1.92. The predicted octanol–water partition coefficient (Wildman–Crippen LogP) is 2.93. The summed E-state index contributed by atoms with van der Waals surface area (Å²) in [7, 11) is -7.87. The molecule has 0 aromatic heterocycles. The average molecular weight is 552 g/mol. The zero-order valence-electron chi connectivity index (χ0n) is 20.2. The molecule has 8 nitrogen and oxygen atoms in total. The molecule has 1 aliphatic carbocycles. The van der Waals surface area contributed by atoms with Crippen LogP contribution >= 0.6 is 11.8 Å². The van der Waals surface area contributed by atoms with E-state index in [0.717, 1.165) is 10.1 Å². The van der Waals surface area contributed by atoms with E-state index in [-0.39, 0.29) is 29.4 Å². The molecule has 2 aliphatic rings. The third kappa shape index (κ3) is 6.31. The van der Waals surface area contributed by atoms with Crippen LogP contribution in [0.5, 0.6) is 0 Å². The van der Waals surface area contributed by atoms with Crippen molar-refractivity contribution < 1.29 is 21.6 Å². The number of thioether (sulfide) groups is 1. The summed E-state index contributed by atoms with van der Waals surface area (Å²) in [6, 6.07) is 14.8. The van der Waals surface area contributed by atoms with E-state index in [2.05, 4.69) is 5.32 Å². The maximum absolute atomic E-state index is 13.4. The molecule has 196 valence electrons. The number of carbonyl (C=O) groups is 1. The zero-order chi connectivity index (χ0) is 25.6. The highest BCUT2D eigenvalue weighted by Crippen LogP contribution is 2.28. The monoisotopic (exact) mass is 551 g/mol. The second kappa shape index (κ2) is 12.1. The number of benzene rings is 2. The summed E-state index contributed by atoms with van der Waals surface area (Å²) in [5.41, 5.74) is 0. The van der Waals surface area contributed by atoms with Gasteiger partial charge in [0.1, 0.15) is 6.04 Å². The molecule has 2 aromatic carbocycles. The fraction of sp³-hybridized carbons (Fsp3) is 0.480. The first-order valence-corrected chi connectivity index (χ1v) is 16.2. The van der Waals surface area contributed by atoms with E-state index in [9.17, 15) is 21.6 Å². The van der Waals surface area contributed by atoms with Crippen molar-refractivity contribution in [3.63, 3.8) is 0 Å². The van der Waals surface area contributed by atoms with Gasteiger partial charge in [0.2, 0.25) is 26.0 Å². The summed E-state index contributed by atoms with van der Waals surface area (Å²) in [5, 5.41) is 3.47. The molecule has 0 bridgehead atoms. The van der Waals surface area contributed by atoms with E-state index in [4.69, 9.17) is 0 Å². The van der Waals surface area contributed by atoms with Crippen LogP contribution in [0.2, 0.25) is 0 Å². The summed E-state index contributed by atoms with van der Waals surface area (Å²) >= 11 is 1.84. The Balaban J connectivity index is 1.50. The van der Waals surface area contributed by atoms with Gasteiger partial charge in [0.05, 0.1) is 9.79 Å². The molecular formula is C25H33N3O5S3. The first-order chi connectivity index (χ1) is 17.3. The Morgan fingerprint density at radius 1 is 0.833 bits per heavy atom. The zero-order valence-corrected chi connectivity index (χ0v) is 22.6. The van der Waals surface area contributed by atoms with Crippen LogP contribution in [0.25, 0.3) is 0 Å². The molecule has 0 unspecified atom stereocenters. The Morgan fingerprint density at radius 3 is 2.03 bits per heavy atom. The summed E-state index contributed by atoms with van der Waals surface area (Å²) in [4.78, 5) is 13.5. The molecule has 1 atom stereocenters. The van der Waals surface area contributed by atoms with Crippen molar-refractivity contribution in [1.29, 1.82) is 0 Å². The fourth-order valence-corrected chi connectivity index (χ4v) is 8.95. The standard InChI is InChI=1S/C25H33N3O5S3/c29-25(26-16-19-34-21-10-4-1-5-11-21)24-20-27(35(30,31)22-12-6-2-7-13-22)17-18-28(24)36(32,33)23-14-8-3-9-15-23/h2-3,6-9,12-15,21,24H,1,4-5,10-11,16-20H2,(H,26,29)/t24-/m1/s1. The van der Waals surface area contributed by atoms with Crippen LogP contribution in [0.15, 0.2) is 70.5 Å². The molecular weight excluding hydrogens is 518 g/mol. The van der Waals surface area contributed by atoms with Gasteiger partial charge in [0.25, 0.3) is 0 Å². The minimum Gasteiger partial charge on any atom is -0.354 e. The summed E-state index contributed by atoms with van der Waals surface area (Å²) in [6.45, 7) is 0.00879. The third-order valence-electron chi connectivity index (χ3n) is 6.63. The Kier molecular flexibility index (Phi) is 9.10. The molecule has 0 radical (unpaired) electrons. The van der Waals surface area contributed by atoms with Crippen molar-refractivity contribution in [1.82, 2.24) is 13.9 Å². The van der Waals surface area contributed by atoms with Gasteiger partial charge in [0, 0.05) is 37.2 Å². The molecule has 1 amide bonds. The minimum absolute atomic E-state index is 0.0371. The number of hydrogen-bond acceptors (Lipinski definition) is 6. The predicted molar refractivity (Wildman–Crippen MR) is 142 cm³/mol. The van der Waals surface area contributed by atoms with E-state index in [1.807, 2.05) is 11.8 Å². The van der Waals surface area contributed by atoms with Gasteiger partial charge < -0.3 is 5.32 Å². The third-order valence-corrected chi connectivity index (χ3v) is 11.8. The van der Waals surface area contributed by atoms with Gasteiger partial charge in [-0.05, 0) is 37.1 Å². The fourth-order valence-electron chi connectivity index (χ4n) is 4.68. The smallest absolute Gasteiger partial charge is 0.243 e. The Bertz CT molecular complexity index is 1220. The van der Waals surface area contributed by atoms with Gasteiger partial charge in [-0.2, -0.15) is 20.4 Å². The molecule has 36 heavy (non-hydrogen) atoms. The van der Waals surface area contributed by atoms with Crippen LogP contribution in [0, 0.1) is 0 Å². The normalized spacial score (nSPS) is 20.7. The van der Waals surface area contributed by atoms with Gasteiger partial charge in [-0.1, -0.05) is 55.7 Å². The molecule has 1 saturated heterocycles. The van der Waals surface area contributed by atoms with Crippen LogP contribution in [-0.4, -0.2) is 74.6 Å². The van der Waals surface area contributed by atoms with E-state index in [1.165, 1.54) is 60.7 Å². The summed E-state index contributed by atoms with van der Waals surface area (Å²) in [5.74, 6) is 0.257. The van der Waals surface area contributed by atoms with Gasteiger partial charge in [-0.3, -0.25) is 4.79 Å². The van der Waals surface area contributed by atoms with Gasteiger partial charge >= 0.3 is 0 Å². The first-order valence-electron chi connectivity index (χ1n) is 12.3. The van der Waals surface area contributed by atoms with Crippen LogP contribution in [0.3, 0.4) is 0 Å². The van der Waals surface area contributed by atoms with Gasteiger partial charge in [-0.25, -0.2) is 16.8 Å². The molecule has 4 rings (SSSR count). The largest absolute Gasteiger partial charge is 0.354 e. The second-order valence-electron chi connectivity index (χ2n) is 9.04. The molecule has 0 spiro atoms. The number of nitrogens with one attached hydrogen (secondary N) is 1. The van der Waals surface area contributed by atoms with Gasteiger partial charge in [0.15, 0.2) is 0 Å². The number of hydrogen-bond donors (Lipinski definition) is 1. The quantitative estimate of drug-likeness (QED) is 0.481. The van der Waals surface area contributed by atoms with Gasteiger partial charge in [-0.15, -0.1) is 0 Å². The van der Waals surface area contributed by atoms with E-state index < -0.39 is 32.0 Å². The lowest BCUT2D eigenvalue weighted by Crippen LogP contribution is -2.61. The lowest BCUT2D eigenvalue weighted by Gasteiger charge is -2.39. The lowest BCUT2D eigenvalue weighted by atomic mass is 10.0. The topological polar surface area (TPSA) is 104 Å². The number of piperazine rings is 1. The van der Waals surface area contributed by atoms with Crippen molar-refractivity contribution in [2.75, 3.05) is 31.9 Å². The van der Waals surface area contributed by atoms with Crippen LogP contribution < -0.4 is 5.32 Å². The van der Waals surface area contributed by atoms with Crippen molar-refractivity contribution in [3.05, 3.63) is 60.7 Å². The number of rotatable bonds is 9. The molecule has 1 aliphatic heterocycles. The molecule has 2 fully saturated rings. The maximum atomic E-state index is 13.4. The second-order valence-corrected chi connectivity index (χ2v) is 14.3. The highest BCUT2D eigenvalue weighted by Gasteiger charge is 2.43. The highest BCUT2D eigenvalue weighted by molar-refractivity contribution is 7.99. The van der Waals surface area contributed by atoms with Crippen LogP contribution in [-0.2, 0) is 24.8 Å². The molecule has 2 aromatic rings. The number of carbonyl (C=O) groups excluding carboxylic acids is 1. The maximum Gasteiger partial charge on any atom is 0.243 e. The van der Waals surface area contributed by atoms with E-state index in [0.29, 0.717) is 11.8 Å². The minimum atomic E-state index is -3.99. The SMILES string of the molecule is O=C(NCCSC1CCCCC1)[C@H]1CN(S(=O)(=O)c2ccccc2)CCN1S(=O)(=O)c1ccccc1. The van der Waals surface area contributed by atoms with E-state index in [1.54, 1.807) is 36.4 Å². The lowest BCUT2D eigenvalue weighted by molar-refractivity contribution is -0.125. The van der Waals surface area contributed by atoms with Crippen LogP contribution in [0.1, 0.15) is 32.1 Å². The van der Waals surface area contributed by atoms with E-state index >= 15 is 0 Å². The van der Waals surface area contributed by atoms with Crippen molar-refractivity contribution >= 4 is 37.7 Å². The first kappa shape index (κ1) is 27.1. The number of amides is 1. The highest BCUT2D eigenvalue weighted by atomic mass is 32.2.